The van der Waals surface area contributed by atoms with Crippen molar-refractivity contribution in [3.8, 4) is 11.5 Å². The molecule has 1 unspecified atom stereocenters. The first kappa shape index (κ1) is 23.1. The largest absolute Gasteiger partial charge is 0.484 e. The zero-order valence-electron chi connectivity index (χ0n) is 18.2. The minimum absolute atomic E-state index is 0.0196. The molecule has 4 rings (SSSR count). The lowest BCUT2D eigenvalue weighted by atomic mass is 10.2. The maximum atomic E-state index is 12.9. The molecule has 0 saturated carbocycles. The van der Waals surface area contributed by atoms with Crippen molar-refractivity contribution in [2.75, 3.05) is 29.9 Å². The molecule has 0 saturated heterocycles. The standard InChI is InChI=1S/C24H22N2O7S/c1-31-24(28)22-15-26(20-9-5-6-10-21(20)33-22)23(27)16-32-18-11-13-19(14-12-18)34(29,30)25-17-7-3-2-4-8-17/h2-14,22,25H,15-16H2,1H3. The molecule has 0 aliphatic carbocycles. The third-order valence-electron chi connectivity index (χ3n) is 5.06. The Kier molecular flexibility index (Phi) is 6.69. The summed E-state index contributed by atoms with van der Waals surface area (Å²) in [7, 11) is -2.52. The van der Waals surface area contributed by atoms with E-state index in [4.69, 9.17) is 14.2 Å². The summed E-state index contributed by atoms with van der Waals surface area (Å²) in [5.41, 5.74) is 0.967. The number of sulfonamides is 1. The predicted octanol–water partition coefficient (Wildman–Crippen LogP) is 2.83. The Hall–Kier alpha value is -4.05. The van der Waals surface area contributed by atoms with Crippen LogP contribution in [0.15, 0.2) is 83.8 Å². The summed E-state index contributed by atoms with van der Waals surface area (Å²) < 4.78 is 43.6. The number of fused-ring (bicyclic) bond motifs is 1. The Morgan fingerprint density at radius 2 is 1.68 bits per heavy atom. The van der Waals surface area contributed by atoms with Gasteiger partial charge in [0.15, 0.2) is 6.61 Å². The molecular weight excluding hydrogens is 460 g/mol. The third kappa shape index (κ3) is 5.12. The van der Waals surface area contributed by atoms with Crippen LogP contribution in [0.1, 0.15) is 0 Å². The quantitative estimate of drug-likeness (QED) is 0.516. The number of methoxy groups -OCH3 is 1. The Morgan fingerprint density at radius 3 is 2.38 bits per heavy atom. The van der Waals surface area contributed by atoms with E-state index in [2.05, 4.69) is 4.72 Å². The van der Waals surface area contributed by atoms with E-state index >= 15 is 0 Å². The first-order valence-corrected chi connectivity index (χ1v) is 11.8. The number of nitrogens with one attached hydrogen (secondary N) is 1. The molecule has 0 spiro atoms. The first-order chi connectivity index (χ1) is 16.4. The fourth-order valence-corrected chi connectivity index (χ4v) is 4.44. The van der Waals surface area contributed by atoms with Crippen molar-refractivity contribution in [1.82, 2.24) is 0 Å². The molecule has 10 heteroatoms. The molecule has 0 aromatic heterocycles. The Morgan fingerprint density at radius 1 is 1.00 bits per heavy atom. The van der Waals surface area contributed by atoms with Gasteiger partial charge in [0.2, 0.25) is 6.10 Å². The maximum absolute atomic E-state index is 12.9. The average Bonchev–Trinajstić information content (AvgIpc) is 2.86. The van der Waals surface area contributed by atoms with Gasteiger partial charge >= 0.3 is 5.97 Å². The number of carbonyl (C=O) groups excluding carboxylic acids is 2. The maximum Gasteiger partial charge on any atom is 0.348 e. The van der Waals surface area contributed by atoms with Crippen LogP contribution in [0.5, 0.6) is 11.5 Å². The number of carbonyl (C=O) groups is 2. The van der Waals surface area contributed by atoms with E-state index in [0.717, 1.165) is 0 Å². The van der Waals surface area contributed by atoms with Crippen molar-refractivity contribution in [3.05, 3.63) is 78.9 Å². The molecule has 1 N–H and O–H groups in total. The third-order valence-corrected chi connectivity index (χ3v) is 6.46. The number of esters is 1. The first-order valence-electron chi connectivity index (χ1n) is 10.3. The predicted molar refractivity (Wildman–Crippen MR) is 124 cm³/mol. The van der Waals surface area contributed by atoms with E-state index in [9.17, 15) is 18.0 Å². The van der Waals surface area contributed by atoms with Gasteiger partial charge in [-0.3, -0.25) is 9.52 Å². The van der Waals surface area contributed by atoms with Crippen LogP contribution in [0.25, 0.3) is 0 Å². The van der Waals surface area contributed by atoms with Crippen molar-refractivity contribution in [3.63, 3.8) is 0 Å². The zero-order valence-corrected chi connectivity index (χ0v) is 19.0. The van der Waals surface area contributed by atoms with Gasteiger partial charge in [-0.05, 0) is 48.5 Å². The molecule has 1 heterocycles. The number of nitrogens with zero attached hydrogens (tertiary/aromatic N) is 1. The number of para-hydroxylation sites is 3. The Bertz CT molecular complexity index is 1280. The number of ether oxygens (including phenoxy) is 3. The lowest BCUT2D eigenvalue weighted by Crippen LogP contribution is -2.48. The smallest absolute Gasteiger partial charge is 0.348 e. The van der Waals surface area contributed by atoms with Crippen molar-refractivity contribution < 1.29 is 32.2 Å². The van der Waals surface area contributed by atoms with Crippen LogP contribution < -0.4 is 19.1 Å². The number of hydrogen-bond donors (Lipinski definition) is 1. The van der Waals surface area contributed by atoms with Gasteiger partial charge in [-0.15, -0.1) is 0 Å². The second-order valence-electron chi connectivity index (χ2n) is 7.33. The van der Waals surface area contributed by atoms with Crippen LogP contribution in [0.4, 0.5) is 11.4 Å². The number of benzene rings is 3. The van der Waals surface area contributed by atoms with Crippen LogP contribution >= 0.6 is 0 Å². The van der Waals surface area contributed by atoms with Gasteiger partial charge in [0.25, 0.3) is 15.9 Å². The summed E-state index contributed by atoms with van der Waals surface area (Å²) >= 11 is 0. The molecule has 9 nitrogen and oxygen atoms in total. The van der Waals surface area contributed by atoms with E-state index < -0.39 is 28.0 Å². The number of amides is 1. The lowest BCUT2D eigenvalue weighted by Gasteiger charge is -2.33. The van der Waals surface area contributed by atoms with Crippen LogP contribution in [0.2, 0.25) is 0 Å². The van der Waals surface area contributed by atoms with Gasteiger partial charge < -0.3 is 19.1 Å². The highest BCUT2D eigenvalue weighted by atomic mass is 32.2. The average molecular weight is 483 g/mol. The number of rotatable bonds is 7. The summed E-state index contributed by atoms with van der Waals surface area (Å²) in [6.45, 7) is -0.342. The highest BCUT2D eigenvalue weighted by Gasteiger charge is 2.34. The van der Waals surface area contributed by atoms with E-state index in [-0.39, 0.29) is 18.0 Å². The molecule has 0 fully saturated rings. The zero-order chi connectivity index (χ0) is 24.1. The van der Waals surface area contributed by atoms with Crippen molar-refractivity contribution in [2.45, 2.75) is 11.0 Å². The summed E-state index contributed by atoms with van der Waals surface area (Å²) in [5.74, 6) is -0.280. The molecule has 1 atom stereocenters. The van der Waals surface area contributed by atoms with Gasteiger partial charge in [0, 0.05) is 5.69 Å². The van der Waals surface area contributed by atoms with Crippen LogP contribution in [0.3, 0.4) is 0 Å². The van der Waals surface area contributed by atoms with Gasteiger partial charge in [-0.1, -0.05) is 30.3 Å². The summed E-state index contributed by atoms with van der Waals surface area (Å²) in [5, 5.41) is 0. The van der Waals surface area contributed by atoms with Gasteiger partial charge in [0.05, 0.1) is 24.2 Å². The number of anilines is 2. The molecule has 1 amide bonds. The molecule has 1 aliphatic rings. The highest BCUT2D eigenvalue weighted by Crippen LogP contribution is 2.33. The van der Waals surface area contributed by atoms with E-state index in [1.807, 2.05) is 0 Å². The molecule has 0 radical (unpaired) electrons. The second kappa shape index (κ2) is 9.84. The second-order valence-corrected chi connectivity index (χ2v) is 9.02. The topological polar surface area (TPSA) is 111 Å². The van der Waals surface area contributed by atoms with Crippen LogP contribution in [0, 0.1) is 0 Å². The van der Waals surface area contributed by atoms with Crippen molar-refractivity contribution in [2.24, 2.45) is 0 Å². The summed E-state index contributed by atoms with van der Waals surface area (Å²) in [6.07, 6.45) is -0.953. The van der Waals surface area contributed by atoms with Gasteiger partial charge in [-0.25, -0.2) is 13.2 Å². The van der Waals surface area contributed by atoms with Crippen molar-refractivity contribution >= 4 is 33.3 Å². The van der Waals surface area contributed by atoms with E-state index in [1.165, 1.54) is 36.3 Å². The minimum Gasteiger partial charge on any atom is -0.484 e. The number of hydrogen-bond acceptors (Lipinski definition) is 7. The summed E-state index contributed by atoms with van der Waals surface area (Å²) in [4.78, 5) is 26.3. The molecular formula is C24H22N2O7S. The normalized spacial score (nSPS) is 15.0. The lowest BCUT2D eigenvalue weighted by molar-refractivity contribution is -0.148. The Balaban J connectivity index is 1.42. The monoisotopic (exact) mass is 482 g/mol. The fraction of sp³-hybridized carbons (Fsp3) is 0.167. The van der Waals surface area contributed by atoms with Crippen molar-refractivity contribution in [1.29, 1.82) is 0 Å². The van der Waals surface area contributed by atoms with E-state index in [0.29, 0.717) is 22.9 Å². The van der Waals surface area contributed by atoms with E-state index in [1.54, 1.807) is 54.6 Å². The minimum atomic E-state index is -3.77. The van der Waals surface area contributed by atoms with Crippen LogP contribution in [-0.4, -0.2) is 46.7 Å². The summed E-state index contributed by atoms with van der Waals surface area (Å²) in [6, 6.07) is 21.1. The highest BCUT2D eigenvalue weighted by molar-refractivity contribution is 7.92. The van der Waals surface area contributed by atoms with Gasteiger partial charge in [0.1, 0.15) is 11.5 Å². The molecule has 1 aliphatic heterocycles. The Labute approximate surface area is 196 Å². The molecule has 3 aromatic rings. The molecule has 176 valence electrons. The van der Waals surface area contributed by atoms with Crippen LogP contribution in [-0.2, 0) is 24.3 Å². The fourth-order valence-electron chi connectivity index (χ4n) is 3.38. The molecule has 0 bridgehead atoms. The molecule has 3 aromatic carbocycles. The SMILES string of the molecule is COC(=O)C1CN(C(=O)COc2ccc(S(=O)(=O)Nc3ccccc3)cc2)c2ccccc2O1. The molecule has 34 heavy (non-hydrogen) atoms. The van der Waals surface area contributed by atoms with Gasteiger partial charge in [-0.2, -0.15) is 0 Å².